The smallest absolute Gasteiger partial charge is 0.416 e. The van der Waals surface area contributed by atoms with Crippen LogP contribution in [0.5, 0.6) is 0 Å². The first kappa shape index (κ1) is 24.8. The van der Waals surface area contributed by atoms with Crippen molar-refractivity contribution in [2.45, 2.75) is 19.1 Å². The molecule has 2 amide bonds. The van der Waals surface area contributed by atoms with Crippen molar-refractivity contribution in [2.75, 3.05) is 25.2 Å². The van der Waals surface area contributed by atoms with Crippen LogP contribution >= 0.6 is 0 Å². The number of amides is 2. The first-order valence-electron chi connectivity index (χ1n) is 10.0. The fourth-order valence-corrected chi connectivity index (χ4v) is 3.61. The zero-order valence-corrected chi connectivity index (χ0v) is 18.2. The summed E-state index contributed by atoms with van der Waals surface area (Å²) in [6, 6.07) is 7.62. The summed E-state index contributed by atoms with van der Waals surface area (Å²) in [4.78, 5) is 38.2. The monoisotopic (exact) mass is 478 g/mol. The van der Waals surface area contributed by atoms with E-state index < -0.39 is 35.8 Å². The van der Waals surface area contributed by atoms with Crippen molar-refractivity contribution < 1.29 is 42.1 Å². The van der Waals surface area contributed by atoms with Crippen LogP contribution in [0.4, 0.5) is 23.7 Å². The summed E-state index contributed by atoms with van der Waals surface area (Å²) < 4.78 is 51.1. The van der Waals surface area contributed by atoms with Crippen molar-refractivity contribution in [1.82, 2.24) is 5.32 Å². The van der Waals surface area contributed by atoms with Crippen molar-refractivity contribution in [2.24, 2.45) is 0 Å². The fourth-order valence-electron chi connectivity index (χ4n) is 3.61. The van der Waals surface area contributed by atoms with Crippen LogP contribution in [0.15, 0.2) is 59.8 Å². The average Bonchev–Trinajstić information content (AvgIpc) is 2.78. The number of benzene rings is 2. The number of halogens is 3. The highest BCUT2D eigenvalue weighted by Crippen LogP contribution is 2.40. The molecule has 2 aromatic rings. The van der Waals surface area contributed by atoms with Gasteiger partial charge in [-0.25, -0.2) is 14.4 Å². The minimum atomic E-state index is -4.73. The van der Waals surface area contributed by atoms with E-state index in [9.17, 15) is 27.6 Å². The molecule has 0 saturated carbocycles. The number of rotatable bonds is 7. The summed E-state index contributed by atoms with van der Waals surface area (Å²) >= 11 is 0. The van der Waals surface area contributed by atoms with Crippen LogP contribution in [0.3, 0.4) is 0 Å². The maximum absolute atomic E-state index is 13.7. The van der Waals surface area contributed by atoms with Gasteiger partial charge in [-0.15, -0.1) is 0 Å². The number of nitrogens with one attached hydrogen (secondary N) is 1. The third kappa shape index (κ3) is 5.04. The second kappa shape index (κ2) is 9.96. The van der Waals surface area contributed by atoms with Gasteiger partial charge < -0.3 is 19.9 Å². The number of allylic oxidation sites excluding steroid dienone is 1. The predicted molar refractivity (Wildman–Crippen MR) is 114 cm³/mol. The Balaban J connectivity index is 2.14. The minimum absolute atomic E-state index is 0.0287. The predicted octanol–water partition coefficient (Wildman–Crippen LogP) is 4.14. The summed E-state index contributed by atoms with van der Waals surface area (Å²) in [5.41, 5.74) is -1.30. The second-order valence-corrected chi connectivity index (χ2v) is 7.28. The Morgan fingerprint density at radius 2 is 1.74 bits per heavy atom. The number of nitrogens with zero attached hydrogens (tertiary/aromatic N) is 1. The molecule has 1 heterocycles. The summed E-state index contributed by atoms with van der Waals surface area (Å²) in [6.45, 7) is 1.32. The van der Waals surface area contributed by atoms with Gasteiger partial charge in [0.2, 0.25) is 0 Å². The number of alkyl halides is 3. The van der Waals surface area contributed by atoms with Crippen molar-refractivity contribution in [1.29, 1.82) is 0 Å². The molecule has 1 aliphatic rings. The number of methoxy groups -OCH3 is 1. The fraction of sp³-hybridized carbons (Fsp3) is 0.261. The van der Waals surface area contributed by atoms with E-state index >= 15 is 0 Å². The molecule has 0 bridgehead atoms. The normalized spacial score (nSPS) is 16.3. The van der Waals surface area contributed by atoms with E-state index in [4.69, 9.17) is 14.6 Å². The van der Waals surface area contributed by atoms with Crippen LogP contribution in [0, 0.1) is 0 Å². The maximum atomic E-state index is 13.7. The first-order valence-corrected chi connectivity index (χ1v) is 10.0. The number of carbonyl (C=O) groups excluding carboxylic acids is 2. The number of carboxylic acid groups (broad SMARTS) is 1. The third-order valence-corrected chi connectivity index (χ3v) is 5.17. The lowest BCUT2D eigenvalue weighted by molar-refractivity contribution is -0.142. The van der Waals surface area contributed by atoms with Gasteiger partial charge in [-0.2, -0.15) is 13.2 Å². The molecule has 1 atom stereocenters. The molecule has 0 aliphatic carbocycles. The van der Waals surface area contributed by atoms with Crippen LogP contribution in [-0.4, -0.2) is 43.4 Å². The first-order chi connectivity index (χ1) is 16.1. The highest BCUT2D eigenvalue weighted by Gasteiger charge is 2.42. The molecule has 2 N–H and O–H groups in total. The van der Waals surface area contributed by atoms with Crippen LogP contribution in [0.2, 0.25) is 0 Å². The zero-order valence-electron chi connectivity index (χ0n) is 18.2. The van der Waals surface area contributed by atoms with E-state index in [0.717, 1.165) is 11.0 Å². The summed E-state index contributed by atoms with van der Waals surface area (Å²) in [7, 11) is 1.39. The van der Waals surface area contributed by atoms with E-state index in [1.54, 1.807) is 0 Å². The summed E-state index contributed by atoms with van der Waals surface area (Å²) in [5, 5.41) is 11.6. The number of ether oxygens (including phenoxy) is 2. The second-order valence-electron chi connectivity index (χ2n) is 7.28. The average molecular weight is 478 g/mol. The molecule has 8 nitrogen and oxygen atoms in total. The quantitative estimate of drug-likeness (QED) is 0.458. The summed E-state index contributed by atoms with van der Waals surface area (Å²) in [5.74, 6) is -2.10. The number of aromatic carboxylic acids is 1. The van der Waals surface area contributed by atoms with Crippen LogP contribution in [0.1, 0.15) is 34.5 Å². The van der Waals surface area contributed by atoms with Gasteiger partial charge in [0.1, 0.15) is 6.61 Å². The number of hydrogen-bond donors (Lipinski definition) is 2. The number of carboxylic acids is 1. The van der Waals surface area contributed by atoms with Crippen molar-refractivity contribution >= 4 is 23.7 Å². The molecule has 11 heteroatoms. The number of carbonyl (C=O) groups is 3. The van der Waals surface area contributed by atoms with E-state index in [1.165, 1.54) is 56.5 Å². The zero-order chi connectivity index (χ0) is 25.0. The van der Waals surface area contributed by atoms with Gasteiger partial charge in [0.05, 0.1) is 35.0 Å². The molecular weight excluding hydrogens is 457 g/mol. The van der Waals surface area contributed by atoms with Gasteiger partial charge in [-0.1, -0.05) is 18.2 Å². The molecule has 2 aromatic carbocycles. The topological polar surface area (TPSA) is 105 Å². The van der Waals surface area contributed by atoms with Gasteiger partial charge >= 0.3 is 24.1 Å². The van der Waals surface area contributed by atoms with Crippen LogP contribution < -0.4 is 10.2 Å². The third-order valence-electron chi connectivity index (χ3n) is 5.17. The molecule has 180 valence electrons. The molecule has 0 radical (unpaired) electrons. The highest BCUT2D eigenvalue weighted by molar-refractivity contribution is 6.03. The van der Waals surface area contributed by atoms with Gasteiger partial charge in [-0.3, -0.25) is 4.90 Å². The molecule has 3 rings (SSSR count). The number of esters is 1. The van der Waals surface area contributed by atoms with Crippen LogP contribution in [-0.2, 0) is 20.4 Å². The van der Waals surface area contributed by atoms with Gasteiger partial charge in [0, 0.05) is 12.8 Å². The molecule has 1 aliphatic heterocycles. The standard InChI is InChI=1S/C23H21F3N2O6/c1-13-18(21(31)34-12-11-33-2)19(16-5-3-4-6-17(16)23(24,25)26)27-22(32)28(13)15-9-7-14(8-10-15)20(29)30/h3-10,19H,11-12H2,1-2H3,(H,27,32)(H,29,30). The van der Waals surface area contributed by atoms with E-state index in [1.807, 2.05) is 0 Å². The lowest BCUT2D eigenvalue weighted by Gasteiger charge is -2.36. The SMILES string of the molecule is COCCOC(=O)C1=C(C)N(c2ccc(C(=O)O)cc2)C(=O)NC1c1ccccc1C(F)(F)F. The van der Waals surface area contributed by atoms with E-state index in [0.29, 0.717) is 0 Å². The number of hydrogen-bond acceptors (Lipinski definition) is 5. The Morgan fingerprint density at radius 3 is 2.32 bits per heavy atom. The Labute approximate surface area is 192 Å². The largest absolute Gasteiger partial charge is 0.478 e. The van der Waals surface area contributed by atoms with E-state index in [2.05, 4.69) is 5.32 Å². The minimum Gasteiger partial charge on any atom is -0.478 e. The Hall–Kier alpha value is -3.86. The summed E-state index contributed by atoms with van der Waals surface area (Å²) in [6.07, 6.45) is -4.73. The van der Waals surface area contributed by atoms with Crippen molar-refractivity contribution in [3.8, 4) is 0 Å². The number of urea groups is 1. The maximum Gasteiger partial charge on any atom is 0.416 e. The molecule has 1 unspecified atom stereocenters. The van der Waals surface area contributed by atoms with Crippen LogP contribution in [0.25, 0.3) is 0 Å². The molecule has 0 saturated heterocycles. The van der Waals surface area contributed by atoms with E-state index in [-0.39, 0.29) is 41.3 Å². The molecule has 0 spiro atoms. The van der Waals surface area contributed by atoms with Gasteiger partial charge in [-0.05, 0) is 42.8 Å². The number of anilines is 1. The molecule has 34 heavy (non-hydrogen) atoms. The lowest BCUT2D eigenvalue weighted by Crippen LogP contribution is -2.48. The van der Waals surface area contributed by atoms with Crippen molar-refractivity contribution in [3.63, 3.8) is 0 Å². The lowest BCUT2D eigenvalue weighted by atomic mass is 9.91. The molecule has 0 aromatic heterocycles. The molecule has 0 fully saturated rings. The Kier molecular flexibility index (Phi) is 7.26. The Bertz CT molecular complexity index is 1130. The van der Waals surface area contributed by atoms with Gasteiger partial charge in [0.15, 0.2) is 0 Å². The van der Waals surface area contributed by atoms with Crippen molar-refractivity contribution in [3.05, 3.63) is 76.5 Å². The van der Waals surface area contributed by atoms with Gasteiger partial charge in [0.25, 0.3) is 0 Å². The highest BCUT2D eigenvalue weighted by atomic mass is 19.4. The molecular formula is C23H21F3N2O6. The Morgan fingerprint density at radius 1 is 1.09 bits per heavy atom.